The highest BCUT2D eigenvalue weighted by molar-refractivity contribution is 4.74. The van der Waals surface area contributed by atoms with Gasteiger partial charge < -0.3 is 0 Å². The van der Waals surface area contributed by atoms with Crippen LogP contribution in [0.4, 0.5) is 0 Å². The first kappa shape index (κ1) is 18.3. The van der Waals surface area contributed by atoms with Gasteiger partial charge in [-0.25, -0.2) is 0 Å². The third-order valence-electron chi connectivity index (χ3n) is 7.04. The van der Waals surface area contributed by atoms with Crippen molar-refractivity contribution in [3.05, 3.63) is 0 Å². The molecule has 0 aromatic heterocycles. The van der Waals surface area contributed by atoms with Gasteiger partial charge in [-0.3, -0.25) is 0 Å². The van der Waals surface area contributed by atoms with Gasteiger partial charge in [0.25, 0.3) is 0 Å². The SMILES string of the molecule is CC(CCCCC1CCCCCC1)C(C)C1CCCCCC1. The molecule has 0 nitrogen and oxygen atoms in total. The summed E-state index contributed by atoms with van der Waals surface area (Å²) in [5.74, 6) is 4.05. The van der Waals surface area contributed by atoms with Crippen molar-refractivity contribution in [3.63, 3.8) is 0 Å². The van der Waals surface area contributed by atoms with Gasteiger partial charge in [0.1, 0.15) is 0 Å². The third kappa shape index (κ3) is 6.63. The summed E-state index contributed by atoms with van der Waals surface area (Å²) in [6.45, 7) is 5.10. The van der Waals surface area contributed by atoms with E-state index in [1.54, 1.807) is 0 Å². The molecular formula is C22H42. The Kier molecular flexibility index (Phi) is 8.93. The van der Waals surface area contributed by atoms with Gasteiger partial charge in [-0.1, -0.05) is 117 Å². The van der Waals surface area contributed by atoms with Crippen molar-refractivity contribution in [2.45, 2.75) is 117 Å². The lowest BCUT2D eigenvalue weighted by atomic mass is 9.77. The topological polar surface area (TPSA) is 0 Å². The van der Waals surface area contributed by atoms with E-state index in [2.05, 4.69) is 13.8 Å². The summed E-state index contributed by atoms with van der Waals surface area (Å²) in [4.78, 5) is 0. The standard InChI is InChI=1S/C22H42/c1-19(20(2)22-17-9-5-6-10-18-22)13-11-12-16-21-14-7-3-4-8-15-21/h19-22H,3-18H2,1-2H3. The maximum absolute atomic E-state index is 2.56. The molecule has 2 aliphatic rings. The predicted octanol–water partition coefficient (Wildman–Crippen LogP) is 7.76. The molecule has 0 aromatic carbocycles. The van der Waals surface area contributed by atoms with Crippen LogP contribution in [0.5, 0.6) is 0 Å². The summed E-state index contributed by atoms with van der Waals surface area (Å²) >= 11 is 0. The minimum atomic E-state index is 0.956. The second-order valence-corrected chi connectivity index (χ2v) is 8.73. The Labute approximate surface area is 140 Å². The summed E-state index contributed by atoms with van der Waals surface area (Å²) in [6, 6.07) is 0. The van der Waals surface area contributed by atoms with Gasteiger partial charge in [-0.2, -0.15) is 0 Å². The largest absolute Gasteiger partial charge is 0.0622 e. The van der Waals surface area contributed by atoms with Gasteiger partial charge in [0.05, 0.1) is 0 Å². The van der Waals surface area contributed by atoms with Crippen molar-refractivity contribution in [3.8, 4) is 0 Å². The Balaban J connectivity index is 1.58. The average molecular weight is 307 g/mol. The fourth-order valence-electron chi connectivity index (χ4n) is 5.12. The van der Waals surface area contributed by atoms with E-state index in [0.29, 0.717) is 0 Å². The van der Waals surface area contributed by atoms with Gasteiger partial charge in [-0.05, 0) is 23.7 Å². The molecule has 0 heterocycles. The van der Waals surface area contributed by atoms with Crippen LogP contribution in [0.1, 0.15) is 117 Å². The van der Waals surface area contributed by atoms with Crippen LogP contribution >= 0.6 is 0 Å². The molecule has 0 saturated heterocycles. The summed E-state index contributed by atoms with van der Waals surface area (Å²) in [7, 11) is 0. The quantitative estimate of drug-likeness (QED) is 0.333. The molecule has 0 radical (unpaired) electrons. The van der Waals surface area contributed by atoms with Crippen LogP contribution in [0.3, 0.4) is 0 Å². The van der Waals surface area contributed by atoms with Gasteiger partial charge >= 0.3 is 0 Å². The van der Waals surface area contributed by atoms with E-state index in [1.165, 1.54) is 103 Å². The van der Waals surface area contributed by atoms with Gasteiger partial charge in [0.2, 0.25) is 0 Å². The number of hydrogen-bond donors (Lipinski definition) is 0. The van der Waals surface area contributed by atoms with Crippen molar-refractivity contribution in [1.29, 1.82) is 0 Å². The molecule has 130 valence electrons. The van der Waals surface area contributed by atoms with Crippen LogP contribution in [0.2, 0.25) is 0 Å². The van der Waals surface area contributed by atoms with Crippen molar-refractivity contribution in [1.82, 2.24) is 0 Å². The molecule has 2 aliphatic carbocycles. The highest BCUT2D eigenvalue weighted by Crippen LogP contribution is 2.35. The lowest BCUT2D eigenvalue weighted by Crippen LogP contribution is -2.18. The average Bonchev–Trinajstić information content (AvgIpc) is 2.95. The molecule has 0 bridgehead atoms. The molecule has 2 atom stereocenters. The molecule has 0 amide bonds. The first-order chi connectivity index (χ1) is 10.8. The van der Waals surface area contributed by atoms with E-state index in [4.69, 9.17) is 0 Å². The van der Waals surface area contributed by atoms with Crippen molar-refractivity contribution in [2.24, 2.45) is 23.7 Å². The van der Waals surface area contributed by atoms with Gasteiger partial charge in [0.15, 0.2) is 0 Å². The van der Waals surface area contributed by atoms with E-state index in [-0.39, 0.29) is 0 Å². The maximum Gasteiger partial charge on any atom is -0.0386 e. The van der Waals surface area contributed by atoms with Crippen LogP contribution < -0.4 is 0 Å². The zero-order valence-corrected chi connectivity index (χ0v) is 15.6. The summed E-state index contributed by atoms with van der Waals surface area (Å²) < 4.78 is 0. The van der Waals surface area contributed by atoms with Crippen molar-refractivity contribution in [2.75, 3.05) is 0 Å². The number of hydrogen-bond acceptors (Lipinski definition) is 0. The first-order valence-electron chi connectivity index (χ1n) is 10.8. The van der Waals surface area contributed by atoms with Crippen LogP contribution in [-0.2, 0) is 0 Å². The van der Waals surface area contributed by atoms with Crippen LogP contribution in [0.25, 0.3) is 0 Å². The smallest absolute Gasteiger partial charge is 0.0386 e. The fourth-order valence-corrected chi connectivity index (χ4v) is 5.12. The minimum Gasteiger partial charge on any atom is -0.0622 e. The fraction of sp³-hybridized carbons (Fsp3) is 1.00. The molecule has 2 saturated carbocycles. The molecule has 22 heavy (non-hydrogen) atoms. The van der Waals surface area contributed by atoms with Gasteiger partial charge in [0, 0.05) is 0 Å². The minimum absolute atomic E-state index is 0.956. The van der Waals surface area contributed by atoms with E-state index < -0.39 is 0 Å². The molecule has 0 aromatic rings. The van der Waals surface area contributed by atoms with E-state index >= 15 is 0 Å². The molecular weight excluding hydrogens is 264 g/mol. The van der Waals surface area contributed by atoms with Crippen LogP contribution in [0.15, 0.2) is 0 Å². The maximum atomic E-state index is 2.56. The second-order valence-electron chi connectivity index (χ2n) is 8.73. The number of rotatable bonds is 7. The second kappa shape index (κ2) is 10.7. The van der Waals surface area contributed by atoms with Crippen LogP contribution in [0, 0.1) is 23.7 Å². The molecule has 0 N–H and O–H groups in total. The molecule has 2 unspecified atom stereocenters. The zero-order valence-electron chi connectivity index (χ0n) is 15.6. The highest BCUT2D eigenvalue weighted by Gasteiger charge is 2.23. The predicted molar refractivity (Wildman–Crippen MR) is 99.2 cm³/mol. The first-order valence-corrected chi connectivity index (χ1v) is 10.8. The Morgan fingerprint density at radius 2 is 1.23 bits per heavy atom. The zero-order chi connectivity index (χ0) is 15.6. The third-order valence-corrected chi connectivity index (χ3v) is 7.04. The Morgan fingerprint density at radius 3 is 1.82 bits per heavy atom. The monoisotopic (exact) mass is 306 g/mol. The van der Waals surface area contributed by atoms with Crippen molar-refractivity contribution >= 4 is 0 Å². The Hall–Kier alpha value is 0. The van der Waals surface area contributed by atoms with E-state index in [1.807, 2.05) is 0 Å². The van der Waals surface area contributed by atoms with Crippen molar-refractivity contribution < 1.29 is 0 Å². The van der Waals surface area contributed by atoms with Crippen LogP contribution in [-0.4, -0.2) is 0 Å². The molecule has 0 aliphatic heterocycles. The molecule has 0 heteroatoms. The highest BCUT2D eigenvalue weighted by atomic mass is 14.3. The van der Waals surface area contributed by atoms with Gasteiger partial charge in [-0.15, -0.1) is 0 Å². The molecule has 0 spiro atoms. The summed E-state index contributed by atoms with van der Waals surface area (Å²) in [5, 5.41) is 0. The lowest BCUT2D eigenvalue weighted by molar-refractivity contribution is 0.223. The normalized spacial score (nSPS) is 25.4. The summed E-state index contributed by atoms with van der Waals surface area (Å²) in [5.41, 5.74) is 0. The van der Waals surface area contributed by atoms with E-state index in [9.17, 15) is 0 Å². The molecule has 2 rings (SSSR count). The summed E-state index contributed by atoms with van der Waals surface area (Å²) in [6.07, 6.45) is 24.2. The van der Waals surface area contributed by atoms with E-state index in [0.717, 1.165) is 23.7 Å². The Bertz CT molecular complexity index is 253. The Morgan fingerprint density at radius 1 is 0.682 bits per heavy atom. The number of unbranched alkanes of at least 4 members (excludes halogenated alkanes) is 1. The lowest BCUT2D eigenvalue weighted by Gasteiger charge is -2.28. The molecule has 2 fully saturated rings.